The van der Waals surface area contributed by atoms with Gasteiger partial charge < -0.3 is 14.8 Å². The molecule has 2 rings (SSSR count). The van der Waals surface area contributed by atoms with E-state index in [9.17, 15) is 4.79 Å². The van der Waals surface area contributed by atoms with Gasteiger partial charge in [-0.15, -0.1) is 0 Å². The number of amides is 1. The number of likely N-dealkylation sites (N-methyl/N-ethyl adjacent to an activating group) is 1. The third-order valence-electron chi connectivity index (χ3n) is 4.81. The zero-order valence-corrected chi connectivity index (χ0v) is 17.2. The van der Waals surface area contributed by atoms with Crippen molar-refractivity contribution in [3.8, 4) is 5.75 Å². The molecule has 1 atom stereocenters. The highest BCUT2D eigenvalue weighted by atomic mass is 16.5. The van der Waals surface area contributed by atoms with Crippen molar-refractivity contribution in [1.82, 2.24) is 10.2 Å². The normalized spacial score (nSPS) is 12.0. The van der Waals surface area contributed by atoms with Crippen molar-refractivity contribution < 1.29 is 14.3 Å². The number of methoxy groups -OCH3 is 1. The first kappa shape index (κ1) is 21.9. The summed E-state index contributed by atoms with van der Waals surface area (Å²) in [6.07, 6.45) is 0.910. The van der Waals surface area contributed by atoms with E-state index >= 15 is 0 Å². The second kappa shape index (κ2) is 12.2. The smallest absolute Gasteiger partial charge is 0.246 e. The molecule has 0 saturated carbocycles. The molecule has 2 aromatic carbocycles. The SMILES string of the molecule is CCN(CC)[C@H](CNC(=O)COCc1cccc(OC)c1)Cc1ccccc1. The van der Waals surface area contributed by atoms with E-state index in [1.165, 1.54) is 5.56 Å². The largest absolute Gasteiger partial charge is 0.497 e. The predicted molar refractivity (Wildman–Crippen MR) is 113 cm³/mol. The number of ether oxygens (including phenoxy) is 2. The third kappa shape index (κ3) is 7.33. The van der Waals surface area contributed by atoms with E-state index in [-0.39, 0.29) is 18.6 Å². The molecule has 0 saturated heterocycles. The number of hydrogen-bond acceptors (Lipinski definition) is 4. The van der Waals surface area contributed by atoms with Crippen molar-refractivity contribution >= 4 is 5.91 Å². The standard InChI is InChI=1S/C23H32N2O3/c1-4-25(5-2)21(14-19-10-7-6-8-11-19)16-24-23(26)18-28-17-20-12-9-13-22(15-20)27-3/h6-13,15,21H,4-5,14,16-18H2,1-3H3,(H,24,26)/t21-/m0/s1. The highest BCUT2D eigenvalue weighted by Gasteiger charge is 2.17. The molecule has 0 aliphatic heterocycles. The Bertz CT molecular complexity index is 702. The lowest BCUT2D eigenvalue weighted by molar-refractivity contribution is -0.126. The lowest BCUT2D eigenvalue weighted by Gasteiger charge is -2.30. The minimum atomic E-state index is -0.0897. The van der Waals surface area contributed by atoms with Gasteiger partial charge in [-0.2, -0.15) is 0 Å². The van der Waals surface area contributed by atoms with Gasteiger partial charge in [-0.1, -0.05) is 56.3 Å². The van der Waals surface area contributed by atoms with Gasteiger partial charge in [0.1, 0.15) is 12.4 Å². The molecule has 28 heavy (non-hydrogen) atoms. The lowest BCUT2D eigenvalue weighted by atomic mass is 10.0. The minimum absolute atomic E-state index is 0.0491. The molecule has 0 fully saturated rings. The molecule has 0 aromatic heterocycles. The third-order valence-corrected chi connectivity index (χ3v) is 4.81. The molecule has 5 nitrogen and oxygen atoms in total. The molecule has 0 aliphatic carbocycles. The van der Waals surface area contributed by atoms with Crippen molar-refractivity contribution in [2.45, 2.75) is 32.9 Å². The predicted octanol–water partition coefficient (Wildman–Crippen LogP) is 3.28. The summed E-state index contributed by atoms with van der Waals surface area (Å²) < 4.78 is 10.8. The van der Waals surface area contributed by atoms with Gasteiger partial charge in [0.25, 0.3) is 0 Å². The molecule has 1 N–H and O–H groups in total. The van der Waals surface area contributed by atoms with E-state index in [4.69, 9.17) is 9.47 Å². The Hall–Kier alpha value is -2.37. The molecule has 0 radical (unpaired) electrons. The molecular formula is C23H32N2O3. The van der Waals surface area contributed by atoms with Crippen LogP contribution in [-0.4, -0.2) is 50.2 Å². The summed E-state index contributed by atoms with van der Waals surface area (Å²) in [6.45, 7) is 7.26. The minimum Gasteiger partial charge on any atom is -0.497 e. The average Bonchev–Trinajstić information content (AvgIpc) is 2.73. The van der Waals surface area contributed by atoms with Gasteiger partial charge >= 0.3 is 0 Å². The fourth-order valence-electron chi connectivity index (χ4n) is 3.26. The van der Waals surface area contributed by atoms with Gasteiger partial charge in [-0.25, -0.2) is 0 Å². The zero-order chi connectivity index (χ0) is 20.2. The second-order valence-electron chi connectivity index (χ2n) is 6.71. The van der Waals surface area contributed by atoms with Crippen LogP contribution in [0.5, 0.6) is 5.75 Å². The number of carbonyl (C=O) groups is 1. The monoisotopic (exact) mass is 384 g/mol. The maximum absolute atomic E-state index is 12.2. The van der Waals surface area contributed by atoms with Crippen LogP contribution < -0.4 is 10.1 Å². The van der Waals surface area contributed by atoms with Crippen molar-refractivity contribution in [2.75, 3.05) is 33.4 Å². The summed E-state index contributed by atoms with van der Waals surface area (Å²) >= 11 is 0. The molecule has 0 bridgehead atoms. The Balaban J connectivity index is 1.81. The summed E-state index contributed by atoms with van der Waals surface area (Å²) in [5, 5.41) is 3.03. The van der Waals surface area contributed by atoms with Crippen LogP contribution in [0.25, 0.3) is 0 Å². The Labute approximate surface area is 168 Å². The molecule has 0 unspecified atom stereocenters. The fourth-order valence-corrected chi connectivity index (χ4v) is 3.26. The zero-order valence-electron chi connectivity index (χ0n) is 17.2. The molecule has 0 heterocycles. The first-order valence-electron chi connectivity index (χ1n) is 9.91. The van der Waals surface area contributed by atoms with E-state index in [0.717, 1.165) is 30.8 Å². The summed E-state index contributed by atoms with van der Waals surface area (Å²) in [5.74, 6) is 0.696. The van der Waals surface area contributed by atoms with Crippen LogP contribution in [0.4, 0.5) is 0 Å². The maximum atomic E-state index is 12.2. The van der Waals surface area contributed by atoms with Gasteiger partial charge in [0.15, 0.2) is 0 Å². The van der Waals surface area contributed by atoms with Crippen molar-refractivity contribution in [3.63, 3.8) is 0 Å². The molecule has 0 spiro atoms. The number of benzene rings is 2. The molecular weight excluding hydrogens is 352 g/mol. The molecule has 1 amide bonds. The Morgan fingerprint density at radius 1 is 1.04 bits per heavy atom. The summed E-state index contributed by atoms with van der Waals surface area (Å²) in [6, 6.07) is 18.3. The van der Waals surface area contributed by atoms with Crippen LogP contribution in [-0.2, 0) is 22.6 Å². The Morgan fingerprint density at radius 2 is 1.75 bits per heavy atom. The van der Waals surface area contributed by atoms with E-state index in [2.05, 4.69) is 48.3 Å². The Kier molecular flexibility index (Phi) is 9.52. The van der Waals surface area contributed by atoms with Crippen LogP contribution in [0.15, 0.2) is 54.6 Å². The van der Waals surface area contributed by atoms with Gasteiger partial charge in [0.2, 0.25) is 5.91 Å². The van der Waals surface area contributed by atoms with Crippen molar-refractivity contribution in [2.24, 2.45) is 0 Å². The number of hydrogen-bond donors (Lipinski definition) is 1. The molecule has 0 aliphatic rings. The highest BCUT2D eigenvalue weighted by molar-refractivity contribution is 5.77. The van der Waals surface area contributed by atoms with Crippen LogP contribution in [0.2, 0.25) is 0 Å². The number of nitrogens with zero attached hydrogens (tertiary/aromatic N) is 1. The van der Waals surface area contributed by atoms with Crippen LogP contribution in [0.1, 0.15) is 25.0 Å². The topological polar surface area (TPSA) is 50.8 Å². The van der Waals surface area contributed by atoms with Crippen molar-refractivity contribution in [1.29, 1.82) is 0 Å². The van der Waals surface area contributed by atoms with E-state index in [1.807, 2.05) is 30.3 Å². The highest BCUT2D eigenvalue weighted by Crippen LogP contribution is 2.13. The molecule has 2 aromatic rings. The van der Waals surface area contributed by atoms with Crippen LogP contribution in [0, 0.1) is 0 Å². The van der Waals surface area contributed by atoms with E-state index in [1.54, 1.807) is 7.11 Å². The number of nitrogens with one attached hydrogen (secondary N) is 1. The first-order valence-corrected chi connectivity index (χ1v) is 9.91. The number of rotatable bonds is 12. The van der Waals surface area contributed by atoms with E-state index < -0.39 is 0 Å². The van der Waals surface area contributed by atoms with Crippen LogP contribution >= 0.6 is 0 Å². The molecule has 5 heteroatoms. The fraction of sp³-hybridized carbons (Fsp3) is 0.435. The molecule has 152 valence electrons. The first-order chi connectivity index (χ1) is 13.7. The summed E-state index contributed by atoms with van der Waals surface area (Å²) in [4.78, 5) is 14.6. The van der Waals surface area contributed by atoms with Gasteiger partial charge in [0.05, 0.1) is 13.7 Å². The van der Waals surface area contributed by atoms with Crippen molar-refractivity contribution in [3.05, 3.63) is 65.7 Å². The Morgan fingerprint density at radius 3 is 2.43 bits per heavy atom. The quantitative estimate of drug-likeness (QED) is 0.610. The average molecular weight is 385 g/mol. The van der Waals surface area contributed by atoms with E-state index in [0.29, 0.717) is 13.2 Å². The van der Waals surface area contributed by atoms with Gasteiger partial charge in [0, 0.05) is 12.6 Å². The van der Waals surface area contributed by atoms with Gasteiger partial charge in [-0.05, 0) is 42.8 Å². The lowest BCUT2D eigenvalue weighted by Crippen LogP contribution is -2.45. The van der Waals surface area contributed by atoms with Crippen LogP contribution in [0.3, 0.4) is 0 Å². The van der Waals surface area contributed by atoms with Gasteiger partial charge in [-0.3, -0.25) is 9.69 Å². The summed E-state index contributed by atoms with van der Waals surface area (Å²) in [5.41, 5.74) is 2.26. The maximum Gasteiger partial charge on any atom is 0.246 e. The number of carbonyl (C=O) groups excluding carboxylic acids is 1. The second-order valence-corrected chi connectivity index (χ2v) is 6.71. The summed E-state index contributed by atoms with van der Waals surface area (Å²) in [7, 11) is 1.63.